The molecule has 0 aliphatic carbocycles. The maximum absolute atomic E-state index is 11.2. The third-order valence-electron chi connectivity index (χ3n) is 1.24. The van der Waals surface area contributed by atoms with Crippen LogP contribution in [0.3, 0.4) is 0 Å². The summed E-state index contributed by atoms with van der Waals surface area (Å²) in [6.07, 6.45) is 1.51. The Morgan fingerprint density at radius 3 is 2.23 bits per heavy atom. The molecule has 0 atom stereocenters. The molecule has 1 N–H and O–H groups in total. The van der Waals surface area contributed by atoms with Crippen molar-refractivity contribution >= 4 is 10.0 Å². The van der Waals surface area contributed by atoms with E-state index in [1.165, 1.54) is 0 Å². The number of sulfonamides is 1. The van der Waals surface area contributed by atoms with Crippen LogP contribution in [0.25, 0.3) is 0 Å². The molecule has 0 aromatic carbocycles. The van der Waals surface area contributed by atoms with Crippen molar-refractivity contribution in [1.82, 2.24) is 4.89 Å². The van der Waals surface area contributed by atoms with E-state index >= 15 is 0 Å². The van der Waals surface area contributed by atoms with Crippen LogP contribution in [-0.2, 0) is 14.9 Å². The molecule has 0 bridgehead atoms. The van der Waals surface area contributed by atoms with Crippen LogP contribution in [0.2, 0.25) is 0 Å². The molecule has 0 aromatic rings. The first kappa shape index (κ1) is 12.9. The molecule has 0 aromatic heterocycles. The van der Waals surface area contributed by atoms with E-state index in [9.17, 15) is 8.42 Å². The van der Waals surface area contributed by atoms with Gasteiger partial charge in [0.25, 0.3) is 0 Å². The molecule has 5 heteroatoms. The van der Waals surface area contributed by atoms with Crippen molar-refractivity contribution in [3.05, 3.63) is 0 Å². The standard InChI is InChI=1S/C8H19NO3S/c1-5-6-7-13(10,11)9-12-8(2,3)4/h9H,5-7H2,1-4H3. The molecule has 0 heterocycles. The van der Waals surface area contributed by atoms with E-state index in [1.807, 2.05) is 6.92 Å². The molecule has 0 saturated heterocycles. The Morgan fingerprint density at radius 1 is 1.31 bits per heavy atom. The molecular formula is C8H19NO3S. The van der Waals surface area contributed by atoms with E-state index in [-0.39, 0.29) is 5.75 Å². The van der Waals surface area contributed by atoms with Crippen LogP contribution >= 0.6 is 0 Å². The van der Waals surface area contributed by atoms with Gasteiger partial charge in [-0.05, 0) is 27.2 Å². The third-order valence-corrected chi connectivity index (χ3v) is 2.40. The van der Waals surface area contributed by atoms with Crippen molar-refractivity contribution in [3.8, 4) is 0 Å². The maximum Gasteiger partial charge on any atom is 0.233 e. The summed E-state index contributed by atoms with van der Waals surface area (Å²) >= 11 is 0. The Morgan fingerprint density at radius 2 is 1.85 bits per heavy atom. The van der Waals surface area contributed by atoms with Gasteiger partial charge in [0.1, 0.15) is 0 Å². The Kier molecular flexibility index (Phi) is 4.88. The number of nitrogens with one attached hydrogen (secondary N) is 1. The van der Waals surface area contributed by atoms with E-state index in [0.717, 1.165) is 6.42 Å². The molecule has 0 saturated carbocycles. The minimum atomic E-state index is -3.25. The molecule has 0 amide bonds. The summed E-state index contributed by atoms with van der Waals surface area (Å²) in [4.78, 5) is 7.06. The number of hydrogen-bond acceptors (Lipinski definition) is 3. The van der Waals surface area contributed by atoms with Crippen molar-refractivity contribution in [2.24, 2.45) is 0 Å². The van der Waals surface area contributed by atoms with Crippen LogP contribution in [0.5, 0.6) is 0 Å². The van der Waals surface area contributed by atoms with Gasteiger partial charge in [0.2, 0.25) is 10.0 Å². The van der Waals surface area contributed by atoms with Gasteiger partial charge < -0.3 is 0 Å². The zero-order chi connectivity index (χ0) is 10.5. The van der Waals surface area contributed by atoms with Crippen molar-refractivity contribution < 1.29 is 13.3 Å². The molecule has 4 nitrogen and oxygen atoms in total. The van der Waals surface area contributed by atoms with Gasteiger partial charge in [-0.15, -0.1) is 0 Å². The topological polar surface area (TPSA) is 55.4 Å². The van der Waals surface area contributed by atoms with E-state index in [4.69, 9.17) is 4.84 Å². The van der Waals surface area contributed by atoms with Crippen LogP contribution in [0.1, 0.15) is 40.5 Å². The van der Waals surface area contributed by atoms with E-state index < -0.39 is 15.6 Å². The summed E-state index contributed by atoms with van der Waals surface area (Å²) in [6, 6.07) is 0. The summed E-state index contributed by atoms with van der Waals surface area (Å²) in [7, 11) is -3.25. The molecule has 0 fully saturated rings. The number of rotatable bonds is 5. The van der Waals surface area contributed by atoms with Crippen LogP contribution < -0.4 is 4.89 Å². The molecule has 0 radical (unpaired) electrons. The van der Waals surface area contributed by atoms with Crippen molar-refractivity contribution in [2.75, 3.05) is 5.75 Å². The van der Waals surface area contributed by atoms with Gasteiger partial charge >= 0.3 is 0 Å². The lowest BCUT2D eigenvalue weighted by atomic mass is 10.2. The highest BCUT2D eigenvalue weighted by atomic mass is 32.2. The van der Waals surface area contributed by atoms with Crippen LogP contribution in [0.15, 0.2) is 0 Å². The normalized spacial score (nSPS) is 13.2. The van der Waals surface area contributed by atoms with Gasteiger partial charge in [-0.25, -0.2) is 8.42 Å². The van der Waals surface area contributed by atoms with E-state index in [0.29, 0.717) is 6.42 Å². The summed E-state index contributed by atoms with van der Waals surface area (Å²) < 4.78 is 22.4. The average molecular weight is 209 g/mol. The van der Waals surface area contributed by atoms with Gasteiger partial charge in [-0.2, -0.15) is 0 Å². The number of hydrogen-bond donors (Lipinski definition) is 1. The predicted octanol–water partition coefficient (Wildman–Crippen LogP) is 1.44. The van der Waals surface area contributed by atoms with Gasteiger partial charge in [-0.1, -0.05) is 18.2 Å². The number of unbranched alkanes of at least 4 members (excludes halogenated alkanes) is 1. The lowest BCUT2D eigenvalue weighted by molar-refractivity contribution is -0.0357. The zero-order valence-electron chi connectivity index (χ0n) is 8.75. The summed E-state index contributed by atoms with van der Waals surface area (Å²) in [5, 5.41) is 0. The second-order valence-electron chi connectivity index (χ2n) is 3.97. The molecule has 0 unspecified atom stereocenters. The van der Waals surface area contributed by atoms with Gasteiger partial charge in [-0.3, -0.25) is 4.84 Å². The fraction of sp³-hybridized carbons (Fsp3) is 1.00. The smallest absolute Gasteiger partial charge is 0.233 e. The van der Waals surface area contributed by atoms with Gasteiger partial charge in [0, 0.05) is 0 Å². The minimum absolute atomic E-state index is 0.125. The fourth-order valence-corrected chi connectivity index (χ4v) is 1.69. The maximum atomic E-state index is 11.2. The summed E-state index contributed by atoms with van der Waals surface area (Å²) in [5.41, 5.74) is -0.487. The second kappa shape index (κ2) is 4.93. The second-order valence-corrected chi connectivity index (χ2v) is 5.77. The molecule has 0 rings (SSSR count). The quantitative estimate of drug-likeness (QED) is 0.697. The Hall–Kier alpha value is -0.130. The lowest BCUT2D eigenvalue weighted by Crippen LogP contribution is -2.34. The van der Waals surface area contributed by atoms with Gasteiger partial charge in [0.15, 0.2) is 0 Å². The Balaban J connectivity index is 3.91. The molecular weight excluding hydrogens is 190 g/mol. The highest BCUT2D eigenvalue weighted by Crippen LogP contribution is 2.05. The first-order chi connectivity index (χ1) is 5.77. The Bertz CT molecular complexity index is 228. The van der Waals surface area contributed by atoms with Crippen molar-refractivity contribution in [3.63, 3.8) is 0 Å². The molecule has 0 aliphatic heterocycles. The third kappa shape index (κ3) is 8.21. The highest BCUT2D eigenvalue weighted by Gasteiger charge is 2.16. The average Bonchev–Trinajstić information content (AvgIpc) is 1.97. The largest absolute Gasteiger partial charge is 0.281 e. The van der Waals surface area contributed by atoms with Gasteiger partial charge in [0.05, 0.1) is 11.4 Å². The van der Waals surface area contributed by atoms with Crippen LogP contribution in [0.4, 0.5) is 0 Å². The highest BCUT2D eigenvalue weighted by molar-refractivity contribution is 7.89. The van der Waals surface area contributed by atoms with Crippen molar-refractivity contribution in [2.45, 2.75) is 46.1 Å². The zero-order valence-corrected chi connectivity index (χ0v) is 9.57. The van der Waals surface area contributed by atoms with Crippen LogP contribution in [0, 0.1) is 0 Å². The molecule has 80 valence electrons. The van der Waals surface area contributed by atoms with E-state index in [2.05, 4.69) is 4.89 Å². The summed E-state index contributed by atoms with van der Waals surface area (Å²) in [6.45, 7) is 7.31. The Labute approximate surface area is 80.7 Å². The lowest BCUT2D eigenvalue weighted by Gasteiger charge is -2.18. The monoisotopic (exact) mass is 209 g/mol. The molecule has 0 aliphatic rings. The first-order valence-electron chi connectivity index (χ1n) is 4.44. The first-order valence-corrected chi connectivity index (χ1v) is 6.09. The van der Waals surface area contributed by atoms with Crippen LogP contribution in [-0.4, -0.2) is 19.8 Å². The summed E-state index contributed by atoms with van der Waals surface area (Å²) in [5.74, 6) is 0.125. The minimum Gasteiger partial charge on any atom is -0.281 e. The SMILES string of the molecule is CCCCS(=O)(=O)NOC(C)(C)C. The molecule has 13 heavy (non-hydrogen) atoms. The molecule has 0 spiro atoms. The predicted molar refractivity (Wildman–Crippen MR) is 52.7 cm³/mol. The fourth-order valence-electron chi connectivity index (χ4n) is 0.565. The van der Waals surface area contributed by atoms with Crippen molar-refractivity contribution in [1.29, 1.82) is 0 Å². The van der Waals surface area contributed by atoms with E-state index in [1.54, 1.807) is 20.8 Å².